The van der Waals surface area contributed by atoms with Crippen LogP contribution in [0.4, 0.5) is 5.82 Å². The average molecular weight is 298 g/mol. The summed E-state index contributed by atoms with van der Waals surface area (Å²) in [5, 5.41) is 13.6. The van der Waals surface area contributed by atoms with Crippen LogP contribution < -0.4 is 5.32 Å². The lowest BCUT2D eigenvalue weighted by atomic mass is 9.95. The number of nitrogens with one attached hydrogen (secondary N) is 1. The monoisotopic (exact) mass is 298 g/mol. The first kappa shape index (κ1) is 14.0. The molecule has 1 N–H and O–H groups in total. The van der Waals surface area contributed by atoms with Gasteiger partial charge in [-0.2, -0.15) is 5.26 Å². The molecule has 0 aromatic carbocycles. The molecule has 0 saturated heterocycles. The van der Waals surface area contributed by atoms with E-state index < -0.39 is 0 Å². The molecule has 1 aliphatic carbocycles. The molecule has 108 valence electrons. The van der Waals surface area contributed by atoms with Crippen LogP contribution >= 0.6 is 11.3 Å². The molecule has 0 fully saturated rings. The van der Waals surface area contributed by atoms with Crippen molar-refractivity contribution in [2.75, 3.05) is 5.32 Å². The van der Waals surface area contributed by atoms with Crippen LogP contribution in [0.5, 0.6) is 0 Å². The number of thiazole rings is 1. The molecule has 0 atom stereocenters. The van der Waals surface area contributed by atoms with E-state index in [0.717, 1.165) is 30.0 Å². The maximum Gasteiger partial charge on any atom is 0.144 e. The molecule has 3 rings (SSSR count). The molecular formula is C16H18N4S. The molecule has 2 heterocycles. The van der Waals surface area contributed by atoms with Gasteiger partial charge in [0.2, 0.25) is 0 Å². The van der Waals surface area contributed by atoms with Crippen LogP contribution in [0.15, 0.2) is 12.3 Å². The molecule has 0 saturated carbocycles. The van der Waals surface area contributed by atoms with Gasteiger partial charge in [0.25, 0.3) is 0 Å². The molecule has 0 bridgehead atoms. The Hall–Kier alpha value is -1.93. The van der Waals surface area contributed by atoms with Gasteiger partial charge in [-0.15, -0.1) is 11.3 Å². The Labute approximate surface area is 128 Å². The van der Waals surface area contributed by atoms with E-state index in [-0.39, 0.29) is 0 Å². The fraction of sp³-hybridized carbons (Fsp3) is 0.438. The average Bonchev–Trinajstić information content (AvgIpc) is 3.00. The lowest BCUT2D eigenvalue weighted by molar-refractivity contribution is 0.668. The predicted octanol–water partition coefficient (Wildman–Crippen LogP) is 3.46. The summed E-state index contributed by atoms with van der Waals surface area (Å²) in [6, 6.07) is 4.26. The zero-order chi connectivity index (χ0) is 14.7. The number of aromatic nitrogens is 2. The summed E-state index contributed by atoms with van der Waals surface area (Å²) in [5.74, 6) is 0.700. The highest BCUT2D eigenvalue weighted by molar-refractivity contribution is 7.11. The van der Waals surface area contributed by atoms with Gasteiger partial charge in [0, 0.05) is 16.8 Å². The fourth-order valence-corrected chi connectivity index (χ4v) is 3.41. The van der Waals surface area contributed by atoms with Gasteiger partial charge in [0.15, 0.2) is 0 Å². The third-order valence-corrected chi connectivity index (χ3v) is 4.92. The number of pyridine rings is 1. The van der Waals surface area contributed by atoms with Gasteiger partial charge >= 0.3 is 0 Å². The molecule has 0 amide bonds. The standard InChI is InChI=1S/C16H18N4S/c1-2-13-9-18-15(21-13)10-19-16-12(8-17)7-11-5-3-4-6-14(11)20-16/h7,9H,2-6,10H2,1H3,(H,19,20). The van der Waals surface area contributed by atoms with Crippen molar-refractivity contribution in [2.24, 2.45) is 0 Å². The summed E-state index contributed by atoms with van der Waals surface area (Å²) in [7, 11) is 0. The number of nitriles is 1. The number of rotatable bonds is 4. The van der Waals surface area contributed by atoms with Crippen LogP contribution in [0.1, 0.15) is 46.5 Å². The van der Waals surface area contributed by atoms with Crippen LogP contribution in [0, 0.1) is 11.3 Å². The zero-order valence-corrected chi connectivity index (χ0v) is 13.0. The Morgan fingerprint density at radius 3 is 3.00 bits per heavy atom. The second-order valence-corrected chi connectivity index (χ2v) is 6.44. The summed E-state index contributed by atoms with van der Waals surface area (Å²) in [6.07, 6.45) is 7.39. The van der Waals surface area contributed by atoms with E-state index in [0.29, 0.717) is 17.9 Å². The van der Waals surface area contributed by atoms with Crippen LogP contribution in [0.2, 0.25) is 0 Å². The van der Waals surface area contributed by atoms with E-state index in [2.05, 4.69) is 28.3 Å². The van der Waals surface area contributed by atoms with Crippen LogP contribution in [0.3, 0.4) is 0 Å². The van der Waals surface area contributed by atoms with E-state index in [4.69, 9.17) is 0 Å². The van der Waals surface area contributed by atoms with Gasteiger partial charge in [-0.1, -0.05) is 6.92 Å². The van der Waals surface area contributed by atoms with Gasteiger partial charge in [0.05, 0.1) is 12.1 Å². The normalized spacial score (nSPS) is 13.5. The molecule has 21 heavy (non-hydrogen) atoms. The summed E-state index contributed by atoms with van der Waals surface area (Å²) in [4.78, 5) is 10.3. The molecule has 5 heteroatoms. The van der Waals surface area contributed by atoms with Crippen molar-refractivity contribution in [1.29, 1.82) is 5.26 Å². The van der Waals surface area contributed by atoms with Crippen molar-refractivity contribution >= 4 is 17.2 Å². The van der Waals surface area contributed by atoms with Gasteiger partial charge in [-0.25, -0.2) is 9.97 Å². The highest BCUT2D eigenvalue weighted by Gasteiger charge is 2.15. The molecular weight excluding hydrogens is 280 g/mol. The summed E-state index contributed by atoms with van der Waals surface area (Å²) < 4.78 is 0. The third kappa shape index (κ3) is 3.06. The summed E-state index contributed by atoms with van der Waals surface area (Å²) in [6.45, 7) is 2.76. The molecule has 4 nitrogen and oxygen atoms in total. The Bertz CT molecular complexity index is 684. The SMILES string of the molecule is CCc1cnc(CNc2nc3c(cc2C#N)CCCC3)s1. The van der Waals surface area contributed by atoms with Crippen LogP contribution in [0.25, 0.3) is 0 Å². The number of hydrogen-bond acceptors (Lipinski definition) is 5. The smallest absolute Gasteiger partial charge is 0.144 e. The van der Waals surface area contributed by atoms with Crippen molar-refractivity contribution in [2.45, 2.75) is 45.6 Å². The quantitative estimate of drug-likeness (QED) is 0.939. The first-order valence-electron chi connectivity index (χ1n) is 7.40. The minimum Gasteiger partial charge on any atom is -0.362 e. The second-order valence-electron chi connectivity index (χ2n) is 5.24. The van der Waals surface area contributed by atoms with Gasteiger partial charge in [0.1, 0.15) is 16.9 Å². The maximum absolute atomic E-state index is 9.32. The Morgan fingerprint density at radius 2 is 2.24 bits per heavy atom. The Balaban J connectivity index is 1.79. The molecule has 2 aromatic rings. The van der Waals surface area contributed by atoms with Crippen LogP contribution in [-0.2, 0) is 25.8 Å². The molecule has 0 radical (unpaired) electrons. The molecule has 0 spiro atoms. The van der Waals surface area contributed by atoms with Crippen LogP contribution in [-0.4, -0.2) is 9.97 Å². The van der Waals surface area contributed by atoms with E-state index in [1.54, 1.807) is 11.3 Å². The molecule has 0 aliphatic heterocycles. The van der Waals surface area contributed by atoms with Crippen molar-refractivity contribution < 1.29 is 0 Å². The van der Waals surface area contributed by atoms with Gasteiger partial charge in [-0.05, 0) is 43.7 Å². The predicted molar refractivity (Wildman–Crippen MR) is 84.4 cm³/mol. The number of hydrogen-bond donors (Lipinski definition) is 1. The van der Waals surface area contributed by atoms with Crippen molar-refractivity contribution in [3.05, 3.63) is 39.0 Å². The first-order valence-corrected chi connectivity index (χ1v) is 8.22. The van der Waals surface area contributed by atoms with Gasteiger partial charge in [-0.3, -0.25) is 0 Å². The lowest BCUT2D eigenvalue weighted by Gasteiger charge is -2.17. The highest BCUT2D eigenvalue weighted by atomic mass is 32.1. The second kappa shape index (κ2) is 6.23. The van der Waals surface area contributed by atoms with E-state index in [1.807, 2.05) is 12.3 Å². The first-order chi connectivity index (χ1) is 10.3. The minimum absolute atomic E-state index is 0.630. The number of aryl methyl sites for hydroxylation is 3. The highest BCUT2D eigenvalue weighted by Crippen LogP contribution is 2.25. The third-order valence-electron chi connectivity index (χ3n) is 3.78. The lowest BCUT2D eigenvalue weighted by Crippen LogP contribution is -2.10. The maximum atomic E-state index is 9.32. The summed E-state index contributed by atoms with van der Waals surface area (Å²) >= 11 is 1.71. The summed E-state index contributed by atoms with van der Waals surface area (Å²) in [5.41, 5.74) is 3.03. The Morgan fingerprint density at radius 1 is 1.38 bits per heavy atom. The topological polar surface area (TPSA) is 61.6 Å². The van der Waals surface area contributed by atoms with E-state index >= 15 is 0 Å². The number of fused-ring (bicyclic) bond motifs is 1. The number of anilines is 1. The molecule has 1 aliphatic rings. The molecule has 0 unspecified atom stereocenters. The largest absolute Gasteiger partial charge is 0.362 e. The fourth-order valence-electron chi connectivity index (χ4n) is 2.61. The van der Waals surface area contributed by atoms with Crippen molar-refractivity contribution in [1.82, 2.24) is 9.97 Å². The van der Waals surface area contributed by atoms with Crippen molar-refractivity contribution in [3.8, 4) is 6.07 Å². The Kier molecular flexibility index (Phi) is 4.16. The van der Waals surface area contributed by atoms with Gasteiger partial charge < -0.3 is 5.32 Å². The number of nitrogens with zero attached hydrogens (tertiary/aromatic N) is 3. The van der Waals surface area contributed by atoms with E-state index in [9.17, 15) is 5.26 Å². The van der Waals surface area contributed by atoms with Crippen molar-refractivity contribution in [3.63, 3.8) is 0 Å². The van der Waals surface area contributed by atoms with E-state index in [1.165, 1.54) is 23.3 Å². The zero-order valence-electron chi connectivity index (χ0n) is 12.1. The molecule has 2 aromatic heterocycles. The minimum atomic E-state index is 0.630.